The largest absolute Gasteiger partial charge is 0.492 e. The molecule has 1 heterocycles. The van der Waals surface area contributed by atoms with Gasteiger partial charge in [0.15, 0.2) is 0 Å². The molecule has 2 aromatic rings. The minimum atomic E-state index is 0.693. The van der Waals surface area contributed by atoms with E-state index in [2.05, 4.69) is 34.3 Å². The molecule has 1 aromatic carbocycles. The van der Waals surface area contributed by atoms with Crippen molar-refractivity contribution in [1.29, 1.82) is 0 Å². The molecule has 0 unspecified atom stereocenters. The molecular weight excluding hydrogens is 266 g/mol. The van der Waals surface area contributed by atoms with Gasteiger partial charge < -0.3 is 10.1 Å². The van der Waals surface area contributed by atoms with Crippen molar-refractivity contribution < 1.29 is 4.74 Å². The minimum Gasteiger partial charge on any atom is -0.492 e. The molecule has 20 heavy (non-hydrogen) atoms. The molecule has 0 amide bonds. The molecule has 2 nitrogen and oxygen atoms in total. The highest BCUT2D eigenvalue weighted by molar-refractivity contribution is 7.07. The van der Waals surface area contributed by atoms with Gasteiger partial charge in [-0.05, 0) is 48.3 Å². The summed E-state index contributed by atoms with van der Waals surface area (Å²) in [6.07, 6.45) is 5.18. The van der Waals surface area contributed by atoms with E-state index >= 15 is 0 Å². The molecular formula is C17H21NOS. The Bertz CT molecular complexity index is 520. The SMILES string of the molecule is CC=Cc1ccccc1OCCNCCc1ccsc1. The van der Waals surface area contributed by atoms with Crippen LogP contribution in [0.3, 0.4) is 0 Å². The third kappa shape index (κ3) is 4.83. The first-order chi connectivity index (χ1) is 9.90. The Morgan fingerprint density at radius 1 is 1.20 bits per heavy atom. The monoisotopic (exact) mass is 287 g/mol. The maximum Gasteiger partial charge on any atom is 0.126 e. The number of rotatable bonds is 8. The third-order valence-electron chi connectivity index (χ3n) is 2.97. The van der Waals surface area contributed by atoms with E-state index in [-0.39, 0.29) is 0 Å². The molecule has 1 N–H and O–H groups in total. The molecule has 0 aliphatic heterocycles. The molecule has 0 spiro atoms. The first kappa shape index (κ1) is 14.8. The Balaban J connectivity index is 1.66. The number of nitrogens with one attached hydrogen (secondary N) is 1. The van der Waals surface area contributed by atoms with Gasteiger partial charge >= 0.3 is 0 Å². The molecule has 1 aromatic heterocycles. The van der Waals surface area contributed by atoms with Crippen LogP contribution in [0.2, 0.25) is 0 Å². The summed E-state index contributed by atoms with van der Waals surface area (Å²) in [4.78, 5) is 0. The number of hydrogen-bond acceptors (Lipinski definition) is 3. The number of thiophene rings is 1. The number of para-hydroxylation sites is 1. The number of hydrogen-bond donors (Lipinski definition) is 1. The van der Waals surface area contributed by atoms with Crippen molar-refractivity contribution >= 4 is 17.4 Å². The van der Waals surface area contributed by atoms with Crippen molar-refractivity contribution in [3.05, 3.63) is 58.3 Å². The first-order valence-corrected chi connectivity index (χ1v) is 7.91. The van der Waals surface area contributed by atoms with Gasteiger partial charge in [-0.1, -0.05) is 30.4 Å². The van der Waals surface area contributed by atoms with E-state index in [0.29, 0.717) is 6.61 Å². The number of allylic oxidation sites excluding steroid dienone is 1. The summed E-state index contributed by atoms with van der Waals surface area (Å²) in [6, 6.07) is 10.3. The fraction of sp³-hybridized carbons (Fsp3) is 0.294. The summed E-state index contributed by atoms with van der Waals surface area (Å²) in [5, 5.41) is 7.73. The van der Waals surface area contributed by atoms with Crippen LogP contribution in [-0.2, 0) is 6.42 Å². The molecule has 0 radical (unpaired) electrons. The topological polar surface area (TPSA) is 21.3 Å². The summed E-state index contributed by atoms with van der Waals surface area (Å²) >= 11 is 1.75. The van der Waals surface area contributed by atoms with Crippen LogP contribution >= 0.6 is 11.3 Å². The minimum absolute atomic E-state index is 0.693. The summed E-state index contributed by atoms with van der Waals surface area (Å²) < 4.78 is 5.82. The van der Waals surface area contributed by atoms with Gasteiger partial charge in [-0.15, -0.1) is 0 Å². The smallest absolute Gasteiger partial charge is 0.126 e. The molecule has 0 aliphatic rings. The summed E-state index contributed by atoms with van der Waals surface area (Å²) in [5.74, 6) is 0.949. The lowest BCUT2D eigenvalue weighted by atomic mass is 10.2. The molecule has 106 valence electrons. The van der Waals surface area contributed by atoms with E-state index in [1.165, 1.54) is 5.56 Å². The standard InChI is InChI=1S/C17H21NOS/c1-2-5-16-6-3-4-7-17(16)19-12-11-18-10-8-15-9-13-20-14-15/h2-7,9,13-14,18H,8,10-12H2,1H3. The van der Waals surface area contributed by atoms with Gasteiger partial charge in [-0.2, -0.15) is 11.3 Å². The lowest BCUT2D eigenvalue weighted by Gasteiger charge is -2.09. The Kier molecular flexibility index (Phi) is 6.35. The summed E-state index contributed by atoms with van der Waals surface area (Å²) in [7, 11) is 0. The third-order valence-corrected chi connectivity index (χ3v) is 3.70. The number of ether oxygens (including phenoxy) is 1. The fourth-order valence-corrected chi connectivity index (χ4v) is 2.66. The quantitative estimate of drug-likeness (QED) is 0.741. The molecule has 0 saturated heterocycles. The molecule has 0 atom stereocenters. The van der Waals surface area contributed by atoms with Crippen molar-refractivity contribution in [2.24, 2.45) is 0 Å². The highest BCUT2D eigenvalue weighted by atomic mass is 32.1. The van der Waals surface area contributed by atoms with Crippen molar-refractivity contribution in [2.45, 2.75) is 13.3 Å². The Labute approximate surface area is 125 Å². The van der Waals surface area contributed by atoms with Crippen LogP contribution in [-0.4, -0.2) is 19.7 Å². The highest BCUT2D eigenvalue weighted by Gasteiger charge is 1.99. The van der Waals surface area contributed by atoms with Gasteiger partial charge in [-0.25, -0.2) is 0 Å². The molecule has 0 bridgehead atoms. The number of benzene rings is 1. The van der Waals surface area contributed by atoms with Crippen LogP contribution in [0.5, 0.6) is 5.75 Å². The van der Waals surface area contributed by atoms with E-state index in [9.17, 15) is 0 Å². The van der Waals surface area contributed by atoms with Gasteiger partial charge in [0.1, 0.15) is 12.4 Å². The second-order valence-electron chi connectivity index (χ2n) is 4.52. The van der Waals surface area contributed by atoms with E-state index in [1.54, 1.807) is 11.3 Å². The van der Waals surface area contributed by atoms with Crippen LogP contribution in [0, 0.1) is 0 Å². The van der Waals surface area contributed by atoms with Gasteiger partial charge in [-0.3, -0.25) is 0 Å². The van der Waals surface area contributed by atoms with Crippen molar-refractivity contribution in [3.63, 3.8) is 0 Å². The predicted octanol–water partition coefficient (Wildman–Crippen LogP) is 3.99. The molecule has 0 saturated carbocycles. The second kappa shape index (κ2) is 8.56. The molecule has 2 rings (SSSR count). The predicted molar refractivity (Wildman–Crippen MR) is 87.5 cm³/mol. The second-order valence-corrected chi connectivity index (χ2v) is 5.30. The van der Waals surface area contributed by atoms with E-state index in [1.807, 2.05) is 31.2 Å². The van der Waals surface area contributed by atoms with Crippen LogP contribution in [0.15, 0.2) is 47.2 Å². The van der Waals surface area contributed by atoms with Crippen molar-refractivity contribution in [3.8, 4) is 5.75 Å². The highest BCUT2D eigenvalue weighted by Crippen LogP contribution is 2.19. The summed E-state index contributed by atoms with van der Waals surface area (Å²) in [5.41, 5.74) is 2.54. The zero-order valence-corrected chi connectivity index (χ0v) is 12.7. The molecule has 0 fully saturated rings. The molecule has 0 aliphatic carbocycles. The average Bonchev–Trinajstić information content (AvgIpc) is 2.98. The maximum absolute atomic E-state index is 5.82. The zero-order chi connectivity index (χ0) is 14.0. The van der Waals surface area contributed by atoms with Crippen LogP contribution in [0.1, 0.15) is 18.1 Å². The van der Waals surface area contributed by atoms with Crippen LogP contribution in [0.25, 0.3) is 6.08 Å². The van der Waals surface area contributed by atoms with E-state index in [4.69, 9.17) is 4.74 Å². The van der Waals surface area contributed by atoms with E-state index in [0.717, 1.165) is 30.8 Å². The Hall–Kier alpha value is -1.58. The van der Waals surface area contributed by atoms with Crippen molar-refractivity contribution in [1.82, 2.24) is 5.32 Å². The lowest BCUT2D eigenvalue weighted by molar-refractivity contribution is 0.314. The lowest BCUT2D eigenvalue weighted by Crippen LogP contribution is -2.23. The van der Waals surface area contributed by atoms with Crippen LogP contribution < -0.4 is 10.1 Å². The van der Waals surface area contributed by atoms with Gasteiger partial charge in [0.2, 0.25) is 0 Å². The van der Waals surface area contributed by atoms with Gasteiger partial charge in [0, 0.05) is 12.1 Å². The van der Waals surface area contributed by atoms with E-state index < -0.39 is 0 Å². The average molecular weight is 287 g/mol. The first-order valence-electron chi connectivity index (χ1n) is 6.96. The maximum atomic E-state index is 5.82. The molecule has 3 heteroatoms. The fourth-order valence-electron chi connectivity index (χ4n) is 1.96. The Morgan fingerprint density at radius 2 is 2.10 bits per heavy atom. The van der Waals surface area contributed by atoms with Gasteiger partial charge in [0.05, 0.1) is 0 Å². The zero-order valence-electron chi connectivity index (χ0n) is 11.8. The van der Waals surface area contributed by atoms with Gasteiger partial charge in [0.25, 0.3) is 0 Å². The van der Waals surface area contributed by atoms with Crippen molar-refractivity contribution in [2.75, 3.05) is 19.7 Å². The Morgan fingerprint density at radius 3 is 2.90 bits per heavy atom. The summed E-state index contributed by atoms with van der Waals surface area (Å²) in [6.45, 7) is 4.58. The van der Waals surface area contributed by atoms with Crippen LogP contribution in [0.4, 0.5) is 0 Å². The normalized spacial score (nSPS) is 11.1.